The second-order valence-electron chi connectivity index (χ2n) is 10.2. The van der Waals surface area contributed by atoms with Crippen molar-refractivity contribution in [2.24, 2.45) is 5.16 Å². The summed E-state index contributed by atoms with van der Waals surface area (Å²) in [5, 5.41) is 8.25. The Morgan fingerprint density at radius 3 is 2.63 bits per heavy atom. The van der Waals surface area contributed by atoms with Gasteiger partial charge in [-0.1, -0.05) is 59.3 Å². The molecule has 0 bridgehead atoms. The van der Waals surface area contributed by atoms with Crippen molar-refractivity contribution in [3.8, 4) is 0 Å². The number of hydrogen-bond acceptors (Lipinski definition) is 6. The Labute approximate surface area is 221 Å². The molecule has 4 aromatic rings. The molecular formula is C30H28FN3O3S. The van der Waals surface area contributed by atoms with Crippen LogP contribution in [0.1, 0.15) is 46.6 Å². The molecule has 1 N–H and O–H groups in total. The summed E-state index contributed by atoms with van der Waals surface area (Å²) < 4.78 is 43.5. The topological polar surface area (TPSA) is 80.7 Å². The first kappa shape index (κ1) is 24.6. The maximum Gasteiger partial charge on any atom is 0.211 e. The van der Waals surface area contributed by atoms with E-state index >= 15 is 4.39 Å². The van der Waals surface area contributed by atoms with Crippen LogP contribution in [-0.2, 0) is 21.1 Å². The lowest BCUT2D eigenvalue weighted by molar-refractivity contribution is 0.109. The normalized spacial score (nSPS) is 17.6. The van der Waals surface area contributed by atoms with Gasteiger partial charge in [0.15, 0.2) is 5.84 Å². The highest BCUT2D eigenvalue weighted by Crippen LogP contribution is 2.43. The van der Waals surface area contributed by atoms with Gasteiger partial charge in [-0.3, -0.25) is 4.98 Å². The Morgan fingerprint density at radius 1 is 1.03 bits per heavy atom. The number of sulfone groups is 1. The first-order chi connectivity index (χ1) is 18.3. The Bertz CT molecular complexity index is 1700. The predicted molar refractivity (Wildman–Crippen MR) is 145 cm³/mol. The van der Waals surface area contributed by atoms with E-state index in [0.717, 1.165) is 12.8 Å². The van der Waals surface area contributed by atoms with E-state index < -0.39 is 15.7 Å². The molecule has 6 rings (SSSR count). The Morgan fingerprint density at radius 2 is 1.84 bits per heavy atom. The summed E-state index contributed by atoms with van der Waals surface area (Å²) in [6, 6.07) is 18.0. The molecule has 1 aliphatic carbocycles. The molecule has 0 radical (unpaired) electrons. The number of halogens is 1. The number of rotatable bonds is 6. The number of aryl methyl sites for hydroxylation is 2. The number of amidine groups is 1. The molecule has 1 aliphatic heterocycles. The molecule has 3 aromatic carbocycles. The molecule has 194 valence electrons. The monoisotopic (exact) mass is 529 g/mol. The van der Waals surface area contributed by atoms with E-state index in [1.165, 1.54) is 29.0 Å². The molecule has 1 atom stereocenters. The van der Waals surface area contributed by atoms with E-state index in [-0.39, 0.29) is 21.8 Å². The van der Waals surface area contributed by atoms with E-state index in [9.17, 15) is 8.42 Å². The molecule has 2 heterocycles. The third-order valence-electron chi connectivity index (χ3n) is 7.30. The number of fused-ring (bicyclic) bond motifs is 1. The van der Waals surface area contributed by atoms with Crippen LogP contribution in [-0.4, -0.2) is 31.9 Å². The highest BCUT2D eigenvalue weighted by Gasteiger charge is 2.34. The second kappa shape index (κ2) is 9.51. The molecule has 1 saturated carbocycles. The Balaban J connectivity index is 1.44. The van der Waals surface area contributed by atoms with Crippen LogP contribution in [0.3, 0.4) is 0 Å². The van der Waals surface area contributed by atoms with Crippen molar-refractivity contribution in [2.45, 2.75) is 54.9 Å². The largest absolute Gasteiger partial charge is 0.392 e. The molecule has 38 heavy (non-hydrogen) atoms. The van der Waals surface area contributed by atoms with Crippen LogP contribution in [0.5, 0.6) is 0 Å². The third kappa shape index (κ3) is 4.43. The van der Waals surface area contributed by atoms with Crippen LogP contribution >= 0.6 is 0 Å². The van der Waals surface area contributed by atoms with Crippen LogP contribution in [0.25, 0.3) is 10.9 Å². The fourth-order valence-corrected chi connectivity index (χ4v) is 6.67. The van der Waals surface area contributed by atoms with Gasteiger partial charge >= 0.3 is 0 Å². The van der Waals surface area contributed by atoms with E-state index in [1.807, 2.05) is 12.1 Å². The molecule has 1 aromatic heterocycles. The number of oxime groups is 1. The van der Waals surface area contributed by atoms with Gasteiger partial charge in [-0.25, -0.2) is 12.8 Å². The molecule has 0 amide bonds. The minimum Gasteiger partial charge on any atom is -0.392 e. The lowest BCUT2D eigenvalue weighted by Gasteiger charge is -2.26. The zero-order chi connectivity index (χ0) is 26.4. The number of pyridine rings is 1. The molecular weight excluding hydrogens is 501 g/mol. The smallest absolute Gasteiger partial charge is 0.211 e. The van der Waals surface area contributed by atoms with Crippen LogP contribution < -0.4 is 5.32 Å². The molecule has 1 unspecified atom stereocenters. The van der Waals surface area contributed by atoms with Crippen molar-refractivity contribution in [3.05, 3.63) is 100 Å². The lowest BCUT2D eigenvalue weighted by Crippen LogP contribution is -2.44. The summed E-state index contributed by atoms with van der Waals surface area (Å²) in [7, 11) is -4.27. The average molecular weight is 530 g/mol. The Hall–Kier alpha value is -3.78. The predicted octanol–water partition coefficient (Wildman–Crippen LogP) is 5.59. The number of nitrogens with zero attached hydrogens (tertiary/aromatic N) is 2. The number of benzene rings is 3. The maximum atomic E-state index is 15.5. The SMILES string of the molecule is Cc1ccc(CC2CON=C(c3c(S(=O)(=O)c4cccc(C5CC5)c4F)cnc4ccccc34)N2)c(C)c1. The van der Waals surface area contributed by atoms with E-state index in [0.29, 0.717) is 40.9 Å². The van der Waals surface area contributed by atoms with E-state index in [1.54, 1.807) is 24.3 Å². The maximum absolute atomic E-state index is 15.5. The summed E-state index contributed by atoms with van der Waals surface area (Å²) in [4.78, 5) is 9.59. The van der Waals surface area contributed by atoms with Crippen LogP contribution in [0.15, 0.2) is 81.8 Å². The number of nitrogens with one attached hydrogen (secondary N) is 1. The molecule has 2 aliphatic rings. The van der Waals surface area contributed by atoms with Gasteiger partial charge in [0.25, 0.3) is 0 Å². The summed E-state index contributed by atoms with van der Waals surface area (Å²) in [5.41, 5.74) is 4.93. The van der Waals surface area contributed by atoms with Crippen molar-refractivity contribution in [3.63, 3.8) is 0 Å². The van der Waals surface area contributed by atoms with E-state index in [2.05, 4.69) is 47.5 Å². The van der Waals surface area contributed by atoms with Crippen molar-refractivity contribution in [1.29, 1.82) is 0 Å². The van der Waals surface area contributed by atoms with Crippen molar-refractivity contribution in [2.75, 3.05) is 6.61 Å². The van der Waals surface area contributed by atoms with Crippen LogP contribution in [0.4, 0.5) is 4.39 Å². The average Bonchev–Trinajstić information content (AvgIpc) is 3.75. The standard InChI is InChI=1S/C30H28FN3O3S/c1-18-10-11-21(19(2)14-18)15-22-17-37-34-30(33-22)28-24-6-3-4-8-25(24)32-16-27(28)38(35,36)26-9-5-7-23(29(26)31)20-12-13-20/h3-11,14,16,20,22H,12-13,15,17H2,1-2H3,(H,33,34). The van der Waals surface area contributed by atoms with Gasteiger partial charge in [-0.05, 0) is 67.9 Å². The fourth-order valence-electron chi connectivity index (χ4n) is 5.16. The van der Waals surface area contributed by atoms with Crippen LogP contribution in [0, 0.1) is 19.7 Å². The molecule has 0 spiro atoms. The molecule has 0 saturated heterocycles. The minimum absolute atomic E-state index is 0.0723. The van der Waals surface area contributed by atoms with Crippen molar-refractivity contribution < 1.29 is 17.6 Å². The van der Waals surface area contributed by atoms with Crippen LogP contribution in [0.2, 0.25) is 0 Å². The Kier molecular flexibility index (Phi) is 6.14. The number of para-hydroxylation sites is 1. The van der Waals surface area contributed by atoms with Gasteiger partial charge in [0.2, 0.25) is 9.84 Å². The van der Waals surface area contributed by atoms with Gasteiger partial charge in [0.05, 0.1) is 17.1 Å². The number of hydrogen-bond donors (Lipinski definition) is 1. The lowest BCUT2D eigenvalue weighted by atomic mass is 9.99. The molecule has 6 nitrogen and oxygen atoms in total. The third-order valence-corrected chi connectivity index (χ3v) is 9.09. The van der Waals surface area contributed by atoms with Gasteiger partial charge in [0.1, 0.15) is 22.2 Å². The van der Waals surface area contributed by atoms with Gasteiger partial charge < -0.3 is 10.2 Å². The van der Waals surface area contributed by atoms with Gasteiger partial charge in [-0.2, -0.15) is 0 Å². The quantitative estimate of drug-likeness (QED) is 0.352. The second-order valence-corrected chi connectivity index (χ2v) is 12.0. The van der Waals surface area contributed by atoms with Gasteiger partial charge in [-0.15, -0.1) is 0 Å². The first-order valence-corrected chi connectivity index (χ1v) is 14.3. The van der Waals surface area contributed by atoms with Crippen molar-refractivity contribution in [1.82, 2.24) is 10.3 Å². The van der Waals surface area contributed by atoms with Crippen molar-refractivity contribution >= 4 is 26.6 Å². The summed E-state index contributed by atoms with van der Waals surface area (Å²) in [6.45, 7) is 4.47. The van der Waals surface area contributed by atoms with Gasteiger partial charge in [0, 0.05) is 11.6 Å². The molecule has 1 fully saturated rings. The summed E-state index contributed by atoms with van der Waals surface area (Å²) in [6.07, 6.45) is 3.70. The fraction of sp³-hybridized carbons (Fsp3) is 0.267. The van der Waals surface area contributed by atoms with E-state index in [4.69, 9.17) is 4.84 Å². The highest BCUT2D eigenvalue weighted by atomic mass is 32.2. The summed E-state index contributed by atoms with van der Waals surface area (Å²) >= 11 is 0. The zero-order valence-electron chi connectivity index (χ0n) is 21.2. The summed E-state index contributed by atoms with van der Waals surface area (Å²) in [5.74, 6) is -0.318. The molecule has 8 heteroatoms. The first-order valence-electron chi connectivity index (χ1n) is 12.8. The zero-order valence-corrected chi connectivity index (χ0v) is 22.1. The minimum atomic E-state index is -4.27. The number of aromatic nitrogens is 1. The highest BCUT2D eigenvalue weighted by molar-refractivity contribution is 7.91.